The highest BCUT2D eigenvalue weighted by atomic mass is 16.3. The van der Waals surface area contributed by atoms with E-state index in [0.717, 1.165) is 17.9 Å². The predicted molar refractivity (Wildman–Crippen MR) is 75.0 cm³/mol. The zero-order valence-electron chi connectivity index (χ0n) is 11.8. The van der Waals surface area contributed by atoms with E-state index in [1.807, 2.05) is 32.0 Å². The van der Waals surface area contributed by atoms with Gasteiger partial charge in [-0.15, -0.1) is 0 Å². The van der Waals surface area contributed by atoms with E-state index in [2.05, 4.69) is 10.6 Å². The van der Waals surface area contributed by atoms with Crippen molar-refractivity contribution in [1.82, 2.24) is 10.6 Å². The van der Waals surface area contributed by atoms with Crippen molar-refractivity contribution >= 4 is 5.91 Å². The Morgan fingerprint density at radius 2 is 1.80 bits per heavy atom. The summed E-state index contributed by atoms with van der Waals surface area (Å²) in [4.78, 5) is 11.9. The number of carbonyl (C=O) groups excluding carboxylic acids is 1. The summed E-state index contributed by atoms with van der Waals surface area (Å²) in [5, 5.41) is 6.08. The summed E-state index contributed by atoms with van der Waals surface area (Å²) in [5.74, 6) is 1.61. The van der Waals surface area contributed by atoms with Crippen molar-refractivity contribution in [3.63, 3.8) is 0 Å². The number of carbonyl (C=O) groups is 1. The van der Waals surface area contributed by atoms with Crippen LogP contribution in [0.25, 0.3) is 0 Å². The Morgan fingerprint density at radius 1 is 1.15 bits per heavy atom. The Morgan fingerprint density at radius 3 is 2.40 bits per heavy atom. The molecule has 0 fully saturated rings. The highest BCUT2D eigenvalue weighted by Gasteiger charge is 2.16. The van der Waals surface area contributed by atoms with Gasteiger partial charge in [0.05, 0.1) is 25.1 Å². The van der Waals surface area contributed by atoms with Gasteiger partial charge in [0.2, 0.25) is 5.91 Å². The van der Waals surface area contributed by atoms with Gasteiger partial charge < -0.3 is 19.5 Å². The van der Waals surface area contributed by atoms with Gasteiger partial charge in [0.1, 0.15) is 11.5 Å². The maximum atomic E-state index is 11.9. The third-order valence-corrected chi connectivity index (χ3v) is 3.03. The van der Waals surface area contributed by atoms with Crippen LogP contribution in [0.15, 0.2) is 45.6 Å². The van der Waals surface area contributed by atoms with E-state index in [9.17, 15) is 4.79 Å². The minimum Gasteiger partial charge on any atom is -0.469 e. The smallest absolute Gasteiger partial charge is 0.237 e. The van der Waals surface area contributed by atoms with Crippen molar-refractivity contribution in [3.8, 4) is 0 Å². The molecule has 108 valence electrons. The molecule has 5 heteroatoms. The Labute approximate surface area is 118 Å². The van der Waals surface area contributed by atoms with E-state index in [1.54, 1.807) is 18.6 Å². The first-order chi connectivity index (χ1) is 9.65. The van der Waals surface area contributed by atoms with Crippen LogP contribution in [0.5, 0.6) is 0 Å². The van der Waals surface area contributed by atoms with E-state index >= 15 is 0 Å². The Bertz CT molecular complexity index is 505. The molecule has 5 nitrogen and oxygen atoms in total. The molecule has 20 heavy (non-hydrogen) atoms. The lowest BCUT2D eigenvalue weighted by molar-refractivity contribution is -0.123. The Balaban J connectivity index is 1.72. The maximum Gasteiger partial charge on any atom is 0.237 e. The Hall–Kier alpha value is -2.01. The standard InChI is InChI=1S/C15H20N2O3/c1-11(9-13-5-3-7-19-13)17-12(2)15(18)16-10-14-6-4-8-20-14/h3-8,11-12,17H,9-10H2,1-2H3,(H,16,18). The van der Waals surface area contributed by atoms with Crippen LogP contribution >= 0.6 is 0 Å². The topological polar surface area (TPSA) is 67.4 Å². The van der Waals surface area contributed by atoms with Crippen LogP contribution in [0.4, 0.5) is 0 Å². The molecule has 0 aliphatic heterocycles. The minimum absolute atomic E-state index is 0.0484. The lowest BCUT2D eigenvalue weighted by atomic mass is 10.1. The lowest BCUT2D eigenvalue weighted by Gasteiger charge is -2.18. The minimum atomic E-state index is -0.269. The van der Waals surface area contributed by atoms with E-state index < -0.39 is 0 Å². The second kappa shape index (κ2) is 6.96. The van der Waals surface area contributed by atoms with Crippen molar-refractivity contribution in [2.45, 2.75) is 38.9 Å². The lowest BCUT2D eigenvalue weighted by Crippen LogP contribution is -2.46. The first-order valence-corrected chi connectivity index (χ1v) is 6.73. The van der Waals surface area contributed by atoms with Crippen molar-refractivity contribution in [3.05, 3.63) is 48.3 Å². The number of rotatable bonds is 7. The molecule has 0 aromatic carbocycles. The summed E-state index contributed by atoms with van der Waals surface area (Å²) in [5.41, 5.74) is 0. The monoisotopic (exact) mass is 276 g/mol. The number of furan rings is 2. The zero-order valence-corrected chi connectivity index (χ0v) is 11.8. The van der Waals surface area contributed by atoms with Gasteiger partial charge in [-0.25, -0.2) is 0 Å². The van der Waals surface area contributed by atoms with Gasteiger partial charge in [-0.05, 0) is 38.1 Å². The molecule has 2 rings (SSSR count). The third-order valence-electron chi connectivity index (χ3n) is 3.03. The van der Waals surface area contributed by atoms with Crippen molar-refractivity contribution < 1.29 is 13.6 Å². The maximum absolute atomic E-state index is 11.9. The normalized spacial score (nSPS) is 13.9. The molecule has 2 unspecified atom stereocenters. The molecule has 2 N–H and O–H groups in total. The van der Waals surface area contributed by atoms with E-state index in [0.29, 0.717) is 6.54 Å². The molecule has 2 aromatic rings. The summed E-state index contributed by atoms with van der Waals surface area (Å²) in [6.07, 6.45) is 4.00. The number of hydrogen-bond acceptors (Lipinski definition) is 4. The molecule has 2 heterocycles. The molecule has 1 amide bonds. The van der Waals surface area contributed by atoms with Crippen molar-refractivity contribution in [1.29, 1.82) is 0 Å². The van der Waals surface area contributed by atoms with Crippen LogP contribution in [0.2, 0.25) is 0 Å². The number of amides is 1. The average molecular weight is 276 g/mol. The van der Waals surface area contributed by atoms with Crippen LogP contribution in [0, 0.1) is 0 Å². The summed E-state index contributed by atoms with van der Waals surface area (Å²) >= 11 is 0. The molecular weight excluding hydrogens is 256 g/mol. The van der Waals surface area contributed by atoms with E-state index in [1.165, 1.54) is 0 Å². The second-order valence-corrected chi connectivity index (χ2v) is 4.87. The van der Waals surface area contributed by atoms with Crippen molar-refractivity contribution in [2.75, 3.05) is 0 Å². The van der Waals surface area contributed by atoms with Crippen LogP contribution < -0.4 is 10.6 Å². The highest BCUT2D eigenvalue weighted by molar-refractivity contribution is 5.81. The van der Waals surface area contributed by atoms with Gasteiger partial charge >= 0.3 is 0 Å². The zero-order chi connectivity index (χ0) is 14.4. The van der Waals surface area contributed by atoms with Gasteiger partial charge in [-0.2, -0.15) is 0 Å². The van der Waals surface area contributed by atoms with Gasteiger partial charge in [-0.1, -0.05) is 0 Å². The van der Waals surface area contributed by atoms with Gasteiger partial charge in [-0.3, -0.25) is 4.79 Å². The molecule has 2 atom stereocenters. The van der Waals surface area contributed by atoms with Crippen molar-refractivity contribution in [2.24, 2.45) is 0 Å². The van der Waals surface area contributed by atoms with E-state index in [4.69, 9.17) is 8.83 Å². The first-order valence-electron chi connectivity index (χ1n) is 6.73. The van der Waals surface area contributed by atoms with E-state index in [-0.39, 0.29) is 18.0 Å². The van der Waals surface area contributed by atoms with Crippen LogP contribution in [0.1, 0.15) is 25.4 Å². The SMILES string of the molecule is CC(Cc1ccco1)NC(C)C(=O)NCc1ccco1. The summed E-state index contributed by atoms with van der Waals surface area (Å²) in [7, 11) is 0. The quantitative estimate of drug-likeness (QED) is 0.812. The Kier molecular flexibility index (Phi) is 5.01. The van der Waals surface area contributed by atoms with Crippen LogP contribution in [0.3, 0.4) is 0 Å². The summed E-state index contributed by atoms with van der Waals surface area (Å²) in [6, 6.07) is 7.31. The second-order valence-electron chi connectivity index (χ2n) is 4.87. The molecule has 2 aromatic heterocycles. The molecule has 0 aliphatic rings. The summed E-state index contributed by atoms with van der Waals surface area (Å²) in [6.45, 7) is 4.28. The largest absolute Gasteiger partial charge is 0.469 e. The molecule has 0 spiro atoms. The van der Waals surface area contributed by atoms with Gasteiger partial charge in [0, 0.05) is 12.5 Å². The fourth-order valence-corrected chi connectivity index (χ4v) is 2.03. The third kappa shape index (κ3) is 4.28. The average Bonchev–Trinajstić information content (AvgIpc) is 3.08. The molecule has 0 saturated carbocycles. The molecule has 0 radical (unpaired) electrons. The molecule has 0 bridgehead atoms. The fraction of sp³-hybridized carbons (Fsp3) is 0.400. The highest BCUT2D eigenvalue weighted by Crippen LogP contribution is 2.04. The molecule has 0 aliphatic carbocycles. The van der Waals surface area contributed by atoms with Gasteiger partial charge in [0.15, 0.2) is 0 Å². The van der Waals surface area contributed by atoms with Gasteiger partial charge in [0.25, 0.3) is 0 Å². The van der Waals surface area contributed by atoms with Crippen LogP contribution in [-0.4, -0.2) is 18.0 Å². The predicted octanol–water partition coefficient (Wildman–Crippen LogP) is 2.10. The first kappa shape index (κ1) is 14.4. The number of nitrogens with one attached hydrogen (secondary N) is 2. The molecule has 0 saturated heterocycles. The summed E-state index contributed by atoms with van der Waals surface area (Å²) < 4.78 is 10.5. The van der Waals surface area contributed by atoms with Crippen LogP contribution in [-0.2, 0) is 17.8 Å². The number of hydrogen-bond donors (Lipinski definition) is 2. The fourth-order valence-electron chi connectivity index (χ4n) is 2.03. The molecular formula is C15H20N2O3.